The summed E-state index contributed by atoms with van der Waals surface area (Å²) in [5.74, 6) is -0.587. The average molecular weight is 293 g/mol. The molecule has 7 heteroatoms. The molecule has 2 aromatic heterocycles. The Morgan fingerprint density at radius 2 is 2.40 bits per heavy atom. The molecule has 0 radical (unpaired) electrons. The number of anilines is 1. The van der Waals surface area contributed by atoms with Crippen LogP contribution in [0.4, 0.5) is 5.82 Å². The second-order valence-electron chi connectivity index (χ2n) is 4.28. The van der Waals surface area contributed by atoms with E-state index in [0.29, 0.717) is 28.7 Å². The van der Waals surface area contributed by atoms with Gasteiger partial charge in [0.15, 0.2) is 11.5 Å². The number of carboxylic acids is 1. The van der Waals surface area contributed by atoms with Crippen molar-refractivity contribution in [3.8, 4) is 6.07 Å². The summed E-state index contributed by atoms with van der Waals surface area (Å²) in [6.07, 6.45) is 2.41. The van der Waals surface area contributed by atoms with E-state index in [1.807, 2.05) is 6.92 Å². The predicted molar refractivity (Wildman–Crippen MR) is 75.1 cm³/mol. The third-order valence-electron chi connectivity index (χ3n) is 2.79. The normalized spacial score (nSPS) is 10.4. The van der Waals surface area contributed by atoms with Gasteiger partial charge in [-0.05, 0) is 12.5 Å². The molecule has 0 aliphatic rings. The zero-order chi connectivity index (χ0) is 14.7. The lowest BCUT2D eigenvalue weighted by molar-refractivity contribution is -0.135. The first kappa shape index (κ1) is 14.2. The maximum atomic E-state index is 10.9. The molecule has 1 N–H and O–H groups in total. The van der Waals surface area contributed by atoms with E-state index >= 15 is 0 Å². The molecule has 2 aromatic rings. The molecule has 0 saturated carbocycles. The Bertz CT molecular complexity index is 689. The second kappa shape index (κ2) is 5.80. The van der Waals surface area contributed by atoms with Crippen LogP contribution in [0.2, 0.25) is 5.02 Å². The minimum atomic E-state index is -0.961. The SMILES string of the molecule is CCCN(CC(=O)O)c1nc2cc(Cl)ccn2c1C#N. The van der Waals surface area contributed by atoms with Crippen molar-refractivity contribution >= 4 is 29.0 Å². The predicted octanol–water partition coefficient (Wildman–Crippen LogP) is 2.16. The van der Waals surface area contributed by atoms with Gasteiger partial charge in [-0.3, -0.25) is 9.20 Å². The van der Waals surface area contributed by atoms with Crippen LogP contribution in [0, 0.1) is 11.3 Å². The average Bonchev–Trinajstić information content (AvgIpc) is 2.75. The molecule has 2 heterocycles. The Morgan fingerprint density at radius 3 is 3.00 bits per heavy atom. The van der Waals surface area contributed by atoms with Crippen molar-refractivity contribution in [2.75, 3.05) is 18.0 Å². The number of fused-ring (bicyclic) bond motifs is 1. The van der Waals surface area contributed by atoms with E-state index < -0.39 is 5.97 Å². The summed E-state index contributed by atoms with van der Waals surface area (Å²) in [7, 11) is 0. The molecule has 0 saturated heterocycles. The minimum Gasteiger partial charge on any atom is -0.480 e. The third-order valence-corrected chi connectivity index (χ3v) is 3.03. The molecule has 0 bridgehead atoms. The molecule has 0 aromatic carbocycles. The quantitative estimate of drug-likeness (QED) is 0.913. The van der Waals surface area contributed by atoms with Gasteiger partial charge in [-0.25, -0.2) is 4.98 Å². The number of rotatable bonds is 5. The molecule has 6 nitrogen and oxygen atoms in total. The van der Waals surface area contributed by atoms with E-state index in [2.05, 4.69) is 11.1 Å². The van der Waals surface area contributed by atoms with Crippen molar-refractivity contribution in [1.82, 2.24) is 9.38 Å². The number of hydrogen-bond acceptors (Lipinski definition) is 4. The highest BCUT2D eigenvalue weighted by Gasteiger charge is 2.19. The Morgan fingerprint density at radius 1 is 1.65 bits per heavy atom. The largest absolute Gasteiger partial charge is 0.480 e. The highest BCUT2D eigenvalue weighted by atomic mass is 35.5. The fourth-order valence-electron chi connectivity index (χ4n) is 2.02. The lowest BCUT2D eigenvalue weighted by Gasteiger charge is -2.19. The van der Waals surface area contributed by atoms with Crippen LogP contribution < -0.4 is 4.90 Å². The van der Waals surface area contributed by atoms with Gasteiger partial charge in [0, 0.05) is 23.8 Å². The first-order valence-corrected chi connectivity index (χ1v) is 6.49. The van der Waals surface area contributed by atoms with E-state index in [0.717, 1.165) is 6.42 Å². The topological polar surface area (TPSA) is 81.6 Å². The number of aromatic nitrogens is 2. The van der Waals surface area contributed by atoms with Crippen molar-refractivity contribution < 1.29 is 9.90 Å². The minimum absolute atomic E-state index is 0.194. The summed E-state index contributed by atoms with van der Waals surface area (Å²) < 4.78 is 1.60. The van der Waals surface area contributed by atoms with Gasteiger partial charge in [0.2, 0.25) is 0 Å². The van der Waals surface area contributed by atoms with Crippen LogP contribution in [0.15, 0.2) is 18.3 Å². The molecule has 0 aliphatic carbocycles. The van der Waals surface area contributed by atoms with E-state index in [9.17, 15) is 10.1 Å². The van der Waals surface area contributed by atoms with Crippen LogP contribution in [-0.4, -0.2) is 33.6 Å². The fraction of sp³-hybridized carbons (Fsp3) is 0.308. The van der Waals surface area contributed by atoms with Crippen molar-refractivity contribution in [1.29, 1.82) is 5.26 Å². The van der Waals surface area contributed by atoms with Crippen LogP contribution in [0.5, 0.6) is 0 Å². The highest BCUT2D eigenvalue weighted by molar-refractivity contribution is 6.30. The maximum Gasteiger partial charge on any atom is 0.323 e. The van der Waals surface area contributed by atoms with E-state index in [1.165, 1.54) is 0 Å². The van der Waals surface area contributed by atoms with Gasteiger partial charge >= 0.3 is 5.97 Å². The molecular weight excluding hydrogens is 280 g/mol. The number of halogens is 1. The molecule has 0 amide bonds. The second-order valence-corrected chi connectivity index (χ2v) is 4.72. The Balaban J connectivity index is 2.56. The molecule has 0 fully saturated rings. The van der Waals surface area contributed by atoms with Crippen molar-refractivity contribution in [3.63, 3.8) is 0 Å². The van der Waals surface area contributed by atoms with Crippen LogP contribution in [0.1, 0.15) is 19.0 Å². The van der Waals surface area contributed by atoms with Gasteiger partial charge in [-0.2, -0.15) is 5.26 Å². The first-order chi connectivity index (χ1) is 9.56. The Kier molecular flexibility index (Phi) is 4.11. The van der Waals surface area contributed by atoms with Crippen LogP contribution in [0.25, 0.3) is 5.65 Å². The molecule has 2 rings (SSSR count). The molecular formula is C13H13ClN4O2. The zero-order valence-corrected chi connectivity index (χ0v) is 11.6. The fourth-order valence-corrected chi connectivity index (χ4v) is 2.18. The molecule has 20 heavy (non-hydrogen) atoms. The van der Waals surface area contributed by atoms with Gasteiger partial charge in [0.1, 0.15) is 18.3 Å². The molecule has 0 spiro atoms. The van der Waals surface area contributed by atoms with Crippen molar-refractivity contribution in [2.45, 2.75) is 13.3 Å². The van der Waals surface area contributed by atoms with E-state index in [4.69, 9.17) is 16.7 Å². The van der Waals surface area contributed by atoms with Gasteiger partial charge in [0.25, 0.3) is 0 Å². The van der Waals surface area contributed by atoms with Gasteiger partial charge in [-0.1, -0.05) is 18.5 Å². The Labute approximate surface area is 120 Å². The van der Waals surface area contributed by atoms with Crippen molar-refractivity contribution in [2.24, 2.45) is 0 Å². The monoisotopic (exact) mass is 292 g/mol. The van der Waals surface area contributed by atoms with E-state index in [-0.39, 0.29) is 6.54 Å². The molecule has 104 valence electrons. The molecule has 0 unspecified atom stereocenters. The summed E-state index contributed by atoms with van der Waals surface area (Å²) in [6.45, 7) is 2.26. The first-order valence-electron chi connectivity index (χ1n) is 6.11. The lowest BCUT2D eigenvalue weighted by Crippen LogP contribution is -2.31. The van der Waals surface area contributed by atoms with Gasteiger partial charge < -0.3 is 10.0 Å². The van der Waals surface area contributed by atoms with E-state index in [1.54, 1.807) is 27.6 Å². The zero-order valence-electron chi connectivity index (χ0n) is 10.9. The van der Waals surface area contributed by atoms with Crippen LogP contribution in [0.3, 0.4) is 0 Å². The number of pyridine rings is 1. The number of carboxylic acid groups (broad SMARTS) is 1. The standard InChI is InChI=1S/C13H13ClN4O2/c1-2-4-17(8-12(19)20)13-10(7-15)18-5-3-9(14)6-11(18)16-13/h3,5-6H,2,4,8H2,1H3,(H,19,20). The highest BCUT2D eigenvalue weighted by Crippen LogP contribution is 2.23. The van der Waals surface area contributed by atoms with Crippen molar-refractivity contribution in [3.05, 3.63) is 29.0 Å². The lowest BCUT2D eigenvalue weighted by atomic mass is 10.3. The van der Waals surface area contributed by atoms with Gasteiger partial charge in [-0.15, -0.1) is 0 Å². The number of hydrogen-bond donors (Lipinski definition) is 1. The maximum absolute atomic E-state index is 10.9. The summed E-state index contributed by atoms with van der Waals surface area (Å²) in [5.41, 5.74) is 0.835. The van der Waals surface area contributed by atoms with Crippen LogP contribution >= 0.6 is 11.6 Å². The molecule has 0 atom stereocenters. The number of carbonyl (C=O) groups is 1. The summed E-state index contributed by atoms with van der Waals surface area (Å²) >= 11 is 5.90. The van der Waals surface area contributed by atoms with Crippen LogP contribution in [-0.2, 0) is 4.79 Å². The number of nitrogens with zero attached hydrogens (tertiary/aromatic N) is 4. The number of nitriles is 1. The summed E-state index contributed by atoms with van der Waals surface area (Å²) in [4.78, 5) is 16.9. The Hall–Kier alpha value is -2.26. The molecule has 0 aliphatic heterocycles. The summed E-state index contributed by atoms with van der Waals surface area (Å²) in [6, 6.07) is 5.36. The van der Waals surface area contributed by atoms with Gasteiger partial charge in [0.05, 0.1) is 0 Å². The number of imidazole rings is 1. The number of aliphatic carboxylic acids is 1. The summed E-state index contributed by atoms with van der Waals surface area (Å²) in [5, 5.41) is 18.8. The smallest absolute Gasteiger partial charge is 0.323 e. The third kappa shape index (κ3) is 2.68.